The maximum atomic E-state index is 10.2. The van der Waals surface area contributed by atoms with Gasteiger partial charge in [-0.1, -0.05) is 36.4 Å². The average molecular weight is 372 g/mol. The Hall–Kier alpha value is -4.14. The number of phenolic OH excluding ortho intramolecular Hbond substituents is 3. The van der Waals surface area contributed by atoms with Crippen LogP contribution in [0.2, 0.25) is 0 Å². The Balaban J connectivity index is 0.000000220. The van der Waals surface area contributed by atoms with Crippen LogP contribution in [0.5, 0.6) is 17.2 Å². The van der Waals surface area contributed by atoms with Gasteiger partial charge in [-0.3, -0.25) is 20.2 Å². The maximum Gasteiger partial charge on any atom is 0.317 e. The molecule has 0 fully saturated rings. The van der Waals surface area contributed by atoms with E-state index in [0.717, 1.165) is 12.1 Å². The van der Waals surface area contributed by atoms with Gasteiger partial charge in [-0.05, 0) is 30.3 Å². The molecule has 0 bridgehead atoms. The minimum Gasteiger partial charge on any atom is -0.508 e. The third-order valence-corrected chi connectivity index (χ3v) is 2.88. The Labute approximate surface area is 153 Å². The van der Waals surface area contributed by atoms with Crippen molar-refractivity contribution in [3.63, 3.8) is 0 Å². The summed E-state index contributed by atoms with van der Waals surface area (Å²) < 4.78 is 0. The Morgan fingerprint density at radius 3 is 1.37 bits per heavy atom. The molecule has 3 N–H and O–H groups in total. The zero-order valence-corrected chi connectivity index (χ0v) is 13.9. The highest BCUT2D eigenvalue weighted by Gasteiger charge is 2.18. The van der Waals surface area contributed by atoms with Crippen molar-refractivity contribution in [3.05, 3.63) is 99.1 Å². The predicted molar refractivity (Wildman–Crippen MR) is 97.6 cm³/mol. The van der Waals surface area contributed by atoms with E-state index >= 15 is 0 Å². The second kappa shape index (κ2) is 10.7. The first-order valence-electron chi connectivity index (χ1n) is 7.41. The Morgan fingerprint density at radius 2 is 1.07 bits per heavy atom. The van der Waals surface area contributed by atoms with Gasteiger partial charge in [-0.25, -0.2) is 0 Å². The molecular formula is C18H16N2O7. The molecule has 0 unspecified atom stereocenters. The Morgan fingerprint density at radius 1 is 0.630 bits per heavy atom. The van der Waals surface area contributed by atoms with Gasteiger partial charge in [0, 0.05) is 6.07 Å². The quantitative estimate of drug-likeness (QED) is 0.455. The number of phenols is 3. The molecule has 0 heterocycles. The first-order valence-corrected chi connectivity index (χ1v) is 7.41. The standard InChI is InChI=1S/C6H4N2O5.2C6H6O/c9-6-2-1-4(7(10)11)3-5(6)8(12)13;2*7-6-4-2-1-3-5-6/h1-3,9H;2*1-5,7H. The van der Waals surface area contributed by atoms with Gasteiger partial charge >= 0.3 is 5.69 Å². The molecule has 27 heavy (non-hydrogen) atoms. The number of nitro groups is 2. The lowest BCUT2D eigenvalue weighted by atomic mass is 10.2. The smallest absolute Gasteiger partial charge is 0.317 e. The van der Waals surface area contributed by atoms with E-state index < -0.39 is 27.0 Å². The third kappa shape index (κ3) is 7.98. The van der Waals surface area contributed by atoms with Crippen molar-refractivity contribution >= 4 is 11.4 Å². The van der Waals surface area contributed by atoms with Crippen molar-refractivity contribution < 1.29 is 25.2 Å². The lowest BCUT2D eigenvalue weighted by Crippen LogP contribution is -1.92. The fourth-order valence-electron chi connectivity index (χ4n) is 1.63. The van der Waals surface area contributed by atoms with Crippen LogP contribution in [0.25, 0.3) is 0 Å². The van der Waals surface area contributed by atoms with E-state index in [1.807, 2.05) is 12.1 Å². The zero-order chi connectivity index (χ0) is 20.2. The van der Waals surface area contributed by atoms with Crippen molar-refractivity contribution in [2.24, 2.45) is 0 Å². The largest absolute Gasteiger partial charge is 0.508 e. The van der Waals surface area contributed by atoms with Crippen LogP contribution in [-0.2, 0) is 0 Å². The Kier molecular flexibility index (Phi) is 8.26. The summed E-state index contributed by atoms with van der Waals surface area (Å²) in [4.78, 5) is 18.7. The number of nitro benzene ring substituents is 2. The number of hydrogen-bond donors (Lipinski definition) is 3. The molecular weight excluding hydrogens is 356 g/mol. The van der Waals surface area contributed by atoms with Crippen LogP contribution in [0, 0.1) is 20.2 Å². The predicted octanol–water partition coefficient (Wildman–Crippen LogP) is 3.99. The van der Waals surface area contributed by atoms with Gasteiger partial charge in [0.1, 0.15) is 11.5 Å². The fourth-order valence-corrected chi connectivity index (χ4v) is 1.63. The SMILES string of the molecule is O=[N+]([O-])c1ccc(O)c([N+](=O)[O-])c1.Oc1ccccc1.Oc1ccccc1. The Bertz CT molecular complexity index is 834. The summed E-state index contributed by atoms with van der Waals surface area (Å²) in [5.41, 5.74) is -1.10. The first-order chi connectivity index (χ1) is 12.8. The molecule has 0 amide bonds. The maximum absolute atomic E-state index is 10.2. The molecule has 9 heteroatoms. The topological polar surface area (TPSA) is 147 Å². The van der Waals surface area contributed by atoms with Gasteiger partial charge < -0.3 is 15.3 Å². The molecule has 3 aromatic carbocycles. The van der Waals surface area contributed by atoms with E-state index in [2.05, 4.69) is 0 Å². The molecule has 0 aliphatic carbocycles. The summed E-state index contributed by atoms with van der Waals surface area (Å²) in [5, 5.41) is 46.6. The number of hydrogen-bond acceptors (Lipinski definition) is 7. The van der Waals surface area contributed by atoms with Crippen molar-refractivity contribution in [1.82, 2.24) is 0 Å². The van der Waals surface area contributed by atoms with Gasteiger partial charge in [0.15, 0.2) is 5.75 Å². The van der Waals surface area contributed by atoms with Crippen molar-refractivity contribution in [1.29, 1.82) is 0 Å². The summed E-state index contributed by atoms with van der Waals surface area (Å²) in [6.45, 7) is 0. The minimum absolute atomic E-state index is 0.322. The highest BCUT2D eigenvalue weighted by molar-refractivity contribution is 5.52. The number of aromatic hydroxyl groups is 3. The lowest BCUT2D eigenvalue weighted by molar-refractivity contribution is -0.394. The highest BCUT2D eigenvalue weighted by Crippen LogP contribution is 2.29. The number of benzene rings is 3. The van der Waals surface area contributed by atoms with Gasteiger partial charge in [-0.15, -0.1) is 0 Å². The van der Waals surface area contributed by atoms with Crippen LogP contribution in [0.4, 0.5) is 11.4 Å². The molecule has 0 atom stereocenters. The molecule has 0 spiro atoms. The van der Waals surface area contributed by atoms with E-state index in [-0.39, 0.29) is 0 Å². The van der Waals surface area contributed by atoms with Gasteiger partial charge in [0.2, 0.25) is 0 Å². The van der Waals surface area contributed by atoms with E-state index in [4.69, 9.17) is 15.3 Å². The van der Waals surface area contributed by atoms with E-state index in [0.29, 0.717) is 17.6 Å². The van der Waals surface area contributed by atoms with Gasteiger partial charge in [0.25, 0.3) is 5.69 Å². The molecule has 0 saturated carbocycles. The lowest BCUT2D eigenvalue weighted by Gasteiger charge is -1.94. The van der Waals surface area contributed by atoms with E-state index in [1.54, 1.807) is 48.5 Å². The fraction of sp³-hybridized carbons (Fsp3) is 0. The summed E-state index contributed by atoms with van der Waals surface area (Å²) >= 11 is 0. The average Bonchev–Trinajstić information content (AvgIpc) is 2.64. The normalized spacial score (nSPS) is 9.04. The number of non-ortho nitro benzene ring substituents is 1. The molecule has 3 aromatic rings. The van der Waals surface area contributed by atoms with Crippen LogP contribution >= 0.6 is 0 Å². The van der Waals surface area contributed by atoms with Gasteiger partial charge in [0.05, 0.1) is 15.9 Å². The monoisotopic (exact) mass is 372 g/mol. The van der Waals surface area contributed by atoms with Crippen LogP contribution in [0.3, 0.4) is 0 Å². The number of nitrogens with zero attached hydrogens (tertiary/aromatic N) is 2. The van der Waals surface area contributed by atoms with Gasteiger partial charge in [-0.2, -0.15) is 0 Å². The number of para-hydroxylation sites is 2. The molecule has 0 aliphatic rings. The van der Waals surface area contributed by atoms with Crippen LogP contribution < -0.4 is 0 Å². The highest BCUT2D eigenvalue weighted by atomic mass is 16.6. The second-order valence-corrected chi connectivity index (χ2v) is 4.86. The number of rotatable bonds is 2. The van der Waals surface area contributed by atoms with Crippen molar-refractivity contribution in [2.75, 3.05) is 0 Å². The molecule has 140 valence electrons. The van der Waals surface area contributed by atoms with Crippen molar-refractivity contribution in [3.8, 4) is 17.2 Å². The van der Waals surface area contributed by atoms with Crippen LogP contribution in [0.1, 0.15) is 0 Å². The molecule has 0 aliphatic heterocycles. The molecule has 9 nitrogen and oxygen atoms in total. The zero-order valence-electron chi connectivity index (χ0n) is 13.9. The van der Waals surface area contributed by atoms with E-state index in [9.17, 15) is 20.2 Å². The summed E-state index contributed by atoms with van der Waals surface area (Å²) in [5.74, 6) is 0.0561. The minimum atomic E-state index is -0.887. The van der Waals surface area contributed by atoms with Crippen LogP contribution in [-0.4, -0.2) is 25.2 Å². The molecule has 0 radical (unpaired) electrons. The summed E-state index contributed by atoms with van der Waals surface area (Å²) in [6.07, 6.45) is 0. The summed E-state index contributed by atoms with van der Waals surface area (Å²) in [7, 11) is 0. The second-order valence-electron chi connectivity index (χ2n) is 4.86. The molecule has 0 saturated heterocycles. The first kappa shape index (κ1) is 20.9. The third-order valence-electron chi connectivity index (χ3n) is 2.88. The summed E-state index contributed by atoms with van der Waals surface area (Å²) in [6, 6.07) is 20.0. The van der Waals surface area contributed by atoms with Crippen LogP contribution in [0.15, 0.2) is 78.9 Å². The molecule has 3 rings (SSSR count). The van der Waals surface area contributed by atoms with Crippen molar-refractivity contribution in [2.45, 2.75) is 0 Å². The van der Waals surface area contributed by atoms with E-state index in [1.165, 1.54) is 0 Å². The molecule has 0 aromatic heterocycles.